The quantitative estimate of drug-likeness (QED) is 0.133. The Labute approximate surface area is 337 Å². The third-order valence-electron chi connectivity index (χ3n) is 15.6. The number of hydrogen-bond donors (Lipinski definition) is 0. The molecule has 1 saturated heterocycles. The fourth-order valence-electron chi connectivity index (χ4n) is 9.95. The summed E-state index contributed by atoms with van der Waals surface area (Å²) in [5.41, 5.74) is 5.59. The summed E-state index contributed by atoms with van der Waals surface area (Å²) in [4.78, 5) is 0. The fraction of sp³-hybridized carbons (Fsp3) is 0.714. The monoisotopic (exact) mass is 759 g/mol. The highest BCUT2D eigenvalue weighted by molar-refractivity contribution is 5.84. The van der Waals surface area contributed by atoms with Crippen LogP contribution in [0.1, 0.15) is 171 Å². The highest BCUT2D eigenvalue weighted by Crippen LogP contribution is 2.51. The average molecular weight is 759 g/mol. The molecule has 1 fully saturated rings. The van der Waals surface area contributed by atoms with Gasteiger partial charge in [0.25, 0.3) is 0 Å². The van der Waals surface area contributed by atoms with E-state index in [9.17, 15) is 0 Å². The third kappa shape index (κ3) is 7.46. The second kappa shape index (κ2) is 14.9. The number of hydrogen-bond acceptors (Lipinski definition) is 2. The molecule has 0 aliphatic carbocycles. The van der Waals surface area contributed by atoms with Crippen molar-refractivity contribution in [2.24, 2.45) is 0 Å². The first-order valence-electron chi connectivity index (χ1n) is 22.2. The SMILES string of the molecule is CC[N+](CC)(CC)CCCC(C)(CCC[N+](CC)(CC)CC)c1ccc2c(c1)C=[N+]1C3(O2)Oc2c(cc(C(C)(C)C)cc2C(C)(C)C)C=[N+]3C(C)(C)C1(C)C. The van der Waals surface area contributed by atoms with Gasteiger partial charge < -0.3 is 18.4 Å². The summed E-state index contributed by atoms with van der Waals surface area (Å²) < 4.78 is 21.9. The minimum Gasteiger partial charge on any atom is -0.341 e. The normalized spacial score (nSPS) is 20.4. The van der Waals surface area contributed by atoms with Crippen LogP contribution in [0.3, 0.4) is 0 Å². The van der Waals surface area contributed by atoms with Gasteiger partial charge in [-0.05, 0) is 113 Å². The number of nitrogens with zero attached hydrogens (tertiary/aromatic N) is 4. The van der Waals surface area contributed by atoms with Gasteiger partial charge in [-0.3, -0.25) is 0 Å². The predicted octanol–water partition coefficient (Wildman–Crippen LogP) is 10.4. The summed E-state index contributed by atoms with van der Waals surface area (Å²) in [5, 5.41) is 0. The van der Waals surface area contributed by atoms with E-state index in [4.69, 9.17) is 9.47 Å². The van der Waals surface area contributed by atoms with Gasteiger partial charge in [-0.15, -0.1) is 0 Å². The van der Waals surface area contributed by atoms with Gasteiger partial charge in [0, 0.05) is 33.3 Å². The van der Waals surface area contributed by atoms with E-state index in [-0.39, 0.29) is 27.3 Å². The van der Waals surface area contributed by atoms with Crippen LogP contribution in [0.25, 0.3) is 0 Å². The van der Waals surface area contributed by atoms with Gasteiger partial charge >= 0.3 is 6.03 Å². The van der Waals surface area contributed by atoms with Crippen molar-refractivity contribution in [1.29, 1.82) is 0 Å². The second-order valence-electron chi connectivity index (χ2n) is 20.9. The van der Waals surface area contributed by atoms with E-state index >= 15 is 0 Å². The van der Waals surface area contributed by atoms with E-state index in [1.807, 2.05) is 0 Å². The molecule has 55 heavy (non-hydrogen) atoms. The molecule has 3 aliphatic heterocycles. The molecule has 0 radical (unpaired) electrons. The van der Waals surface area contributed by atoms with Crippen LogP contribution in [-0.4, -0.2) is 100 Å². The first-order chi connectivity index (χ1) is 25.5. The van der Waals surface area contributed by atoms with Crippen molar-refractivity contribution >= 4 is 12.4 Å². The zero-order valence-corrected chi connectivity index (χ0v) is 38.6. The van der Waals surface area contributed by atoms with Gasteiger partial charge in [0.05, 0.1) is 63.5 Å². The zero-order chi connectivity index (χ0) is 41.0. The molecule has 3 heterocycles. The van der Waals surface area contributed by atoms with E-state index in [1.54, 1.807) is 0 Å². The van der Waals surface area contributed by atoms with Crippen molar-refractivity contribution < 1.29 is 27.6 Å². The Morgan fingerprint density at radius 3 is 1.45 bits per heavy atom. The fourth-order valence-corrected chi connectivity index (χ4v) is 9.95. The molecule has 0 amide bonds. The van der Waals surface area contributed by atoms with Crippen molar-refractivity contribution in [2.45, 2.75) is 177 Å². The summed E-state index contributed by atoms with van der Waals surface area (Å²) in [6.07, 6.45) is 9.55. The highest BCUT2D eigenvalue weighted by atomic mass is 16.7. The molecular formula is C49H82N4O2+4. The molecule has 6 nitrogen and oxygen atoms in total. The average Bonchev–Trinajstić information content (AvgIpc) is 3.25. The maximum Gasteiger partial charge on any atom is 0.705 e. The zero-order valence-electron chi connectivity index (χ0n) is 38.6. The lowest BCUT2D eigenvalue weighted by atomic mass is 9.74. The topological polar surface area (TPSA) is 24.5 Å². The maximum absolute atomic E-state index is 7.40. The summed E-state index contributed by atoms with van der Waals surface area (Å²) in [6.45, 7) is 49.7. The van der Waals surface area contributed by atoms with Crippen LogP contribution in [0.5, 0.6) is 11.5 Å². The first-order valence-corrected chi connectivity index (χ1v) is 22.2. The van der Waals surface area contributed by atoms with Gasteiger partial charge in [0.2, 0.25) is 11.1 Å². The highest BCUT2D eigenvalue weighted by Gasteiger charge is 2.83. The molecule has 0 saturated carbocycles. The van der Waals surface area contributed by atoms with Crippen LogP contribution in [0.2, 0.25) is 0 Å². The van der Waals surface area contributed by atoms with E-state index in [1.165, 1.54) is 104 Å². The molecule has 1 unspecified atom stereocenters. The van der Waals surface area contributed by atoms with Crippen LogP contribution < -0.4 is 9.47 Å². The predicted molar refractivity (Wildman–Crippen MR) is 233 cm³/mol. The van der Waals surface area contributed by atoms with Crippen LogP contribution in [0.4, 0.5) is 0 Å². The van der Waals surface area contributed by atoms with Crippen LogP contribution in [-0.2, 0) is 16.2 Å². The molecule has 306 valence electrons. The lowest BCUT2D eigenvalue weighted by Crippen LogP contribution is -2.61. The van der Waals surface area contributed by atoms with Gasteiger partial charge in [-0.1, -0.05) is 69.7 Å². The molecule has 2 aromatic rings. The lowest BCUT2D eigenvalue weighted by molar-refractivity contribution is -0.923. The smallest absolute Gasteiger partial charge is 0.341 e. The van der Waals surface area contributed by atoms with E-state index in [2.05, 4.69) is 170 Å². The van der Waals surface area contributed by atoms with E-state index in [0.717, 1.165) is 22.6 Å². The largest absolute Gasteiger partial charge is 0.705 e. The Balaban J connectivity index is 1.60. The van der Waals surface area contributed by atoms with Gasteiger partial charge in [0.1, 0.15) is 0 Å². The van der Waals surface area contributed by atoms with Gasteiger partial charge in [-0.25, -0.2) is 0 Å². The second-order valence-corrected chi connectivity index (χ2v) is 20.9. The first kappa shape index (κ1) is 43.4. The van der Waals surface area contributed by atoms with Crippen molar-refractivity contribution in [2.75, 3.05) is 52.4 Å². The lowest BCUT2D eigenvalue weighted by Gasteiger charge is -2.39. The Hall–Kier alpha value is -2.70. The van der Waals surface area contributed by atoms with Gasteiger partial charge in [-0.2, -0.15) is 0 Å². The molecule has 0 N–H and O–H groups in total. The summed E-state index contributed by atoms with van der Waals surface area (Å²) in [6, 6.07) is 10.7. The molecule has 3 aliphatic rings. The Bertz CT molecular complexity index is 1730. The Morgan fingerprint density at radius 2 is 1.02 bits per heavy atom. The van der Waals surface area contributed by atoms with Crippen molar-refractivity contribution in [1.82, 2.24) is 0 Å². The number of rotatable bonds is 15. The minimum atomic E-state index is -1.13. The molecule has 5 rings (SSSR count). The third-order valence-corrected chi connectivity index (χ3v) is 15.6. The van der Waals surface area contributed by atoms with Crippen molar-refractivity contribution in [3.8, 4) is 11.5 Å². The number of quaternary nitrogens is 2. The molecule has 1 atom stereocenters. The molecule has 0 aromatic heterocycles. The van der Waals surface area contributed by atoms with E-state index in [0.29, 0.717) is 0 Å². The summed E-state index contributed by atoms with van der Waals surface area (Å²) in [5.74, 6) is 1.82. The molecular weight excluding hydrogens is 677 g/mol. The molecule has 1 spiro atoms. The van der Waals surface area contributed by atoms with Crippen LogP contribution in [0, 0.1) is 0 Å². The summed E-state index contributed by atoms with van der Waals surface area (Å²) >= 11 is 0. The van der Waals surface area contributed by atoms with Gasteiger partial charge in [0.15, 0.2) is 23.9 Å². The maximum atomic E-state index is 7.40. The van der Waals surface area contributed by atoms with Crippen LogP contribution in [0.15, 0.2) is 30.3 Å². The number of benzene rings is 2. The van der Waals surface area contributed by atoms with E-state index < -0.39 is 6.03 Å². The van der Waals surface area contributed by atoms with Crippen LogP contribution >= 0.6 is 0 Å². The standard InChI is InChI=1S/C49H82N4O2/c1-18-52(19-2,20-3)30-24-28-48(17,29-25-31-53(21-4,22-5)23-6)39-26-27-42-37(32-39)35-50-46(13,14)47(15,16)51-36-38-33-40(44(7,8)9)34-41(45(10,11)12)43(38)55-49(50,51)54-42/h26-27,32-36H,18-25,28-31H2,1-17H3/q+4. The molecule has 2 aromatic carbocycles. The summed E-state index contributed by atoms with van der Waals surface area (Å²) in [7, 11) is 0. The number of fused-ring (bicyclic) bond motifs is 2. The Morgan fingerprint density at radius 1 is 0.564 bits per heavy atom. The number of ether oxygens (including phenoxy) is 2. The molecule has 6 heteroatoms. The van der Waals surface area contributed by atoms with Crippen molar-refractivity contribution in [3.63, 3.8) is 0 Å². The van der Waals surface area contributed by atoms with Crippen molar-refractivity contribution in [3.05, 3.63) is 58.1 Å². The Kier molecular flexibility index (Phi) is 11.8. The minimum absolute atomic E-state index is 0.0125. The molecule has 0 bridgehead atoms.